The molecule has 1 aromatic heterocycles. The van der Waals surface area contributed by atoms with Gasteiger partial charge in [-0.25, -0.2) is 4.99 Å². The molecule has 90 valence electrons. The van der Waals surface area contributed by atoms with Crippen molar-refractivity contribution < 1.29 is 0 Å². The molecule has 17 heavy (non-hydrogen) atoms. The Morgan fingerprint density at radius 3 is 2.88 bits per heavy atom. The third kappa shape index (κ3) is 3.94. The number of nitrogens with one attached hydrogen (secondary N) is 1. The zero-order valence-corrected chi connectivity index (χ0v) is 9.72. The summed E-state index contributed by atoms with van der Waals surface area (Å²) in [5.41, 5.74) is 6.82. The second kappa shape index (κ2) is 6.26. The Bertz CT molecular complexity index is 432. The molecule has 0 bridgehead atoms. The summed E-state index contributed by atoms with van der Waals surface area (Å²) < 4.78 is 0. The first-order chi connectivity index (χ1) is 8.17. The molecule has 0 radical (unpaired) electrons. The lowest BCUT2D eigenvalue weighted by Gasteiger charge is -2.05. The maximum absolute atomic E-state index is 5.51. The maximum atomic E-state index is 5.51. The fourth-order valence-corrected chi connectivity index (χ4v) is 1.09. The van der Waals surface area contributed by atoms with Crippen molar-refractivity contribution >= 4 is 17.7 Å². The van der Waals surface area contributed by atoms with Crippen LogP contribution in [0.2, 0.25) is 0 Å². The Morgan fingerprint density at radius 2 is 2.35 bits per heavy atom. The zero-order chi connectivity index (χ0) is 12.7. The van der Waals surface area contributed by atoms with Crippen molar-refractivity contribution in [3.8, 4) is 0 Å². The first-order valence-electron chi connectivity index (χ1n) is 5.15. The monoisotopic (exact) mass is 232 g/mol. The zero-order valence-electron chi connectivity index (χ0n) is 9.72. The quantitative estimate of drug-likeness (QED) is 0.305. The lowest BCUT2D eigenvalue weighted by molar-refractivity contribution is 1.19. The molecule has 0 unspecified atom stereocenters. The predicted octanol–water partition coefficient (Wildman–Crippen LogP) is 1.02. The van der Waals surface area contributed by atoms with Crippen molar-refractivity contribution in [2.45, 2.75) is 13.3 Å². The lowest BCUT2D eigenvalue weighted by Crippen LogP contribution is -2.17. The minimum Gasteiger partial charge on any atom is -0.380 e. The number of hydrogen-bond acceptors (Lipinski definition) is 5. The van der Waals surface area contributed by atoms with E-state index < -0.39 is 0 Å². The van der Waals surface area contributed by atoms with Gasteiger partial charge in [-0.05, 0) is 18.6 Å². The summed E-state index contributed by atoms with van der Waals surface area (Å²) in [5.74, 6) is 5.80. The minimum absolute atomic E-state index is 0.194. The first kappa shape index (κ1) is 12.7. The number of rotatable bonds is 5. The Balaban J connectivity index is 2.69. The van der Waals surface area contributed by atoms with Crippen molar-refractivity contribution in [3.63, 3.8) is 0 Å². The molecule has 1 heterocycles. The molecule has 0 fully saturated rings. The molecule has 0 aliphatic heterocycles. The average molecular weight is 232 g/mol. The summed E-state index contributed by atoms with van der Waals surface area (Å²) in [6.45, 7) is 5.76. The van der Waals surface area contributed by atoms with E-state index in [1.165, 1.54) is 0 Å². The highest BCUT2D eigenvalue weighted by Crippen LogP contribution is 2.08. The lowest BCUT2D eigenvalue weighted by atomic mass is 10.3. The van der Waals surface area contributed by atoms with Crippen LogP contribution in [-0.2, 0) is 0 Å². The summed E-state index contributed by atoms with van der Waals surface area (Å²) in [6.07, 6.45) is 4.25. The average Bonchev–Trinajstić information content (AvgIpc) is 2.36. The summed E-state index contributed by atoms with van der Waals surface area (Å²) in [7, 11) is 0. The third-order valence-corrected chi connectivity index (χ3v) is 1.88. The van der Waals surface area contributed by atoms with E-state index in [-0.39, 0.29) is 5.84 Å². The normalized spacial score (nSPS) is 11.7. The number of pyridine rings is 1. The van der Waals surface area contributed by atoms with Gasteiger partial charge in [0.2, 0.25) is 0 Å². The van der Waals surface area contributed by atoms with Gasteiger partial charge in [0.05, 0.1) is 11.9 Å². The number of nitrogens with zero attached hydrogens (tertiary/aromatic N) is 3. The number of hydrogen-bond donors (Lipinski definition) is 3. The summed E-state index contributed by atoms with van der Waals surface area (Å²) in [5, 5.41) is 6.35. The van der Waals surface area contributed by atoms with Crippen molar-refractivity contribution in [1.29, 1.82) is 0 Å². The molecule has 1 rings (SSSR count). The van der Waals surface area contributed by atoms with Crippen LogP contribution >= 0.6 is 0 Å². The highest BCUT2D eigenvalue weighted by molar-refractivity contribution is 5.95. The van der Waals surface area contributed by atoms with Crippen LogP contribution in [0.5, 0.6) is 0 Å². The number of nitrogens with two attached hydrogens (primary N) is 2. The van der Waals surface area contributed by atoms with E-state index >= 15 is 0 Å². The van der Waals surface area contributed by atoms with Gasteiger partial charge in [0.15, 0.2) is 5.84 Å². The van der Waals surface area contributed by atoms with E-state index in [4.69, 9.17) is 11.6 Å². The molecule has 0 aliphatic carbocycles. The molecule has 5 N–H and O–H groups in total. The van der Waals surface area contributed by atoms with Crippen molar-refractivity contribution in [1.82, 2.24) is 4.98 Å². The number of aromatic nitrogens is 1. The SMILES string of the molecule is C=C(N=CCC)Nc1ccc(C(N)=NN)nc1. The van der Waals surface area contributed by atoms with Gasteiger partial charge in [-0.2, -0.15) is 5.10 Å². The van der Waals surface area contributed by atoms with E-state index in [1.807, 2.05) is 6.92 Å². The molecule has 0 amide bonds. The summed E-state index contributed by atoms with van der Waals surface area (Å²) in [4.78, 5) is 8.18. The van der Waals surface area contributed by atoms with Crippen LogP contribution in [-0.4, -0.2) is 17.0 Å². The molecule has 0 saturated carbocycles. The van der Waals surface area contributed by atoms with Crippen LogP contribution in [0.15, 0.2) is 40.8 Å². The Kier molecular flexibility index (Phi) is 4.68. The van der Waals surface area contributed by atoms with Crippen LogP contribution < -0.4 is 16.9 Å². The molecule has 0 spiro atoms. The number of amidine groups is 1. The molecule has 0 aromatic carbocycles. The van der Waals surface area contributed by atoms with Gasteiger partial charge in [0.25, 0.3) is 0 Å². The maximum Gasteiger partial charge on any atom is 0.168 e. The van der Waals surface area contributed by atoms with E-state index in [0.29, 0.717) is 11.5 Å². The van der Waals surface area contributed by atoms with E-state index in [0.717, 1.165) is 12.1 Å². The number of aliphatic imine (C=N–C) groups is 1. The van der Waals surface area contributed by atoms with E-state index in [9.17, 15) is 0 Å². The topological polar surface area (TPSA) is 102 Å². The van der Waals surface area contributed by atoms with Gasteiger partial charge in [0, 0.05) is 6.21 Å². The van der Waals surface area contributed by atoms with Gasteiger partial charge in [-0.15, -0.1) is 0 Å². The molecule has 0 aliphatic rings. The van der Waals surface area contributed by atoms with Crippen molar-refractivity contribution in [3.05, 3.63) is 36.4 Å². The smallest absolute Gasteiger partial charge is 0.168 e. The first-order valence-corrected chi connectivity index (χ1v) is 5.15. The Morgan fingerprint density at radius 1 is 1.59 bits per heavy atom. The van der Waals surface area contributed by atoms with E-state index in [1.54, 1.807) is 24.5 Å². The number of hydrazone groups is 1. The minimum atomic E-state index is 0.194. The van der Waals surface area contributed by atoms with Gasteiger partial charge < -0.3 is 16.9 Å². The van der Waals surface area contributed by atoms with Crippen LogP contribution in [0, 0.1) is 0 Å². The molecule has 6 heteroatoms. The van der Waals surface area contributed by atoms with Crippen LogP contribution in [0.4, 0.5) is 5.69 Å². The second-order valence-electron chi connectivity index (χ2n) is 3.24. The van der Waals surface area contributed by atoms with E-state index in [2.05, 4.69) is 27.0 Å². The molecule has 1 aromatic rings. The molecule has 6 nitrogen and oxygen atoms in total. The van der Waals surface area contributed by atoms with Gasteiger partial charge in [-0.3, -0.25) is 4.98 Å². The predicted molar refractivity (Wildman–Crippen MR) is 70.7 cm³/mol. The van der Waals surface area contributed by atoms with Gasteiger partial charge in [-0.1, -0.05) is 13.5 Å². The molecular weight excluding hydrogens is 216 g/mol. The van der Waals surface area contributed by atoms with Gasteiger partial charge >= 0.3 is 0 Å². The Labute approximate surface area is 100 Å². The molecule has 0 saturated heterocycles. The van der Waals surface area contributed by atoms with Crippen LogP contribution in [0.3, 0.4) is 0 Å². The highest BCUT2D eigenvalue weighted by Gasteiger charge is 2.00. The molecule has 0 atom stereocenters. The van der Waals surface area contributed by atoms with Crippen LogP contribution in [0.25, 0.3) is 0 Å². The highest BCUT2D eigenvalue weighted by atomic mass is 15.2. The van der Waals surface area contributed by atoms with Crippen molar-refractivity contribution in [2.24, 2.45) is 21.7 Å². The van der Waals surface area contributed by atoms with Crippen LogP contribution in [0.1, 0.15) is 19.0 Å². The van der Waals surface area contributed by atoms with Gasteiger partial charge in [0.1, 0.15) is 11.5 Å². The molecular formula is C11H16N6. The fourth-order valence-electron chi connectivity index (χ4n) is 1.09. The Hall–Kier alpha value is -2.37. The standard InChI is InChI=1S/C11H16N6/c1-3-6-14-8(2)16-9-4-5-10(15-7-9)11(12)17-13/h4-7,16H,2-3,13H2,1H3,(H2,12,17). The third-order valence-electron chi connectivity index (χ3n) is 1.88. The summed E-state index contributed by atoms with van der Waals surface area (Å²) in [6, 6.07) is 3.51. The number of anilines is 1. The second-order valence-corrected chi connectivity index (χ2v) is 3.24. The van der Waals surface area contributed by atoms with Crippen molar-refractivity contribution in [2.75, 3.05) is 5.32 Å². The summed E-state index contributed by atoms with van der Waals surface area (Å²) >= 11 is 0. The fraction of sp³-hybridized carbons (Fsp3) is 0.182. The largest absolute Gasteiger partial charge is 0.380 e.